The van der Waals surface area contributed by atoms with E-state index < -0.39 is 42.0 Å². The minimum atomic E-state index is -0.844. The molecular weight excluding hydrogens is 290 g/mol. The summed E-state index contributed by atoms with van der Waals surface area (Å²) in [6.07, 6.45) is -0.619. The third-order valence-corrected chi connectivity index (χ3v) is 3.89. The quantitative estimate of drug-likeness (QED) is 0.566. The molecule has 1 aliphatic rings. The molecule has 1 fully saturated rings. The van der Waals surface area contributed by atoms with Gasteiger partial charge in [0.05, 0.1) is 25.7 Å². The van der Waals surface area contributed by atoms with Crippen molar-refractivity contribution in [2.24, 2.45) is 11.8 Å². The molecule has 1 heterocycles. The second kappa shape index (κ2) is 8.00. The van der Waals surface area contributed by atoms with Gasteiger partial charge >= 0.3 is 18.0 Å². The summed E-state index contributed by atoms with van der Waals surface area (Å²) < 4.78 is 15.1. The van der Waals surface area contributed by atoms with E-state index in [4.69, 9.17) is 14.2 Å². The predicted molar refractivity (Wildman–Crippen MR) is 78.0 cm³/mol. The lowest BCUT2D eigenvalue weighted by Gasteiger charge is -2.27. The summed E-state index contributed by atoms with van der Waals surface area (Å²) in [7, 11) is 0. The Morgan fingerprint density at radius 3 is 1.86 bits per heavy atom. The first-order valence-corrected chi connectivity index (χ1v) is 7.68. The maximum atomic E-state index is 12.2. The van der Waals surface area contributed by atoms with Crippen molar-refractivity contribution in [2.75, 3.05) is 19.8 Å². The van der Waals surface area contributed by atoms with Crippen molar-refractivity contribution < 1.29 is 28.6 Å². The van der Waals surface area contributed by atoms with Crippen molar-refractivity contribution in [3.8, 4) is 0 Å². The fourth-order valence-corrected chi connectivity index (χ4v) is 3.00. The average Bonchev–Trinajstić information content (AvgIpc) is 2.71. The highest BCUT2D eigenvalue weighted by molar-refractivity contribution is 5.86. The van der Waals surface area contributed by atoms with E-state index in [9.17, 15) is 14.4 Å². The standard InChI is InChI=1S/C15H25NO6/c1-6-20-13(17)11-9(4)12(14(18)21-7-2)16(10(11)5)15(19)22-8-3/h9-12H,6-8H2,1-5H3/t9-,10-,11-,12-/m1/s1. The van der Waals surface area contributed by atoms with Gasteiger partial charge in [0.2, 0.25) is 0 Å². The Morgan fingerprint density at radius 2 is 1.36 bits per heavy atom. The number of hydrogen-bond acceptors (Lipinski definition) is 6. The molecule has 0 aromatic carbocycles. The van der Waals surface area contributed by atoms with E-state index in [0.29, 0.717) is 0 Å². The summed E-state index contributed by atoms with van der Waals surface area (Å²) in [6, 6.07) is -1.34. The fraction of sp³-hybridized carbons (Fsp3) is 0.800. The molecule has 4 atom stereocenters. The molecule has 1 saturated heterocycles. The Labute approximate surface area is 130 Å². The highest BCUT2D eigenvalue weighted by Gasteiger charge is 2.54. The Bertz CT molecular complexity index is 394. The summed E-state index contributed by atoms with van der Waals surface area (Å²) in [5, 5.41) is 0. The lowest BCUT2D eigenvalue weighted by atomic mass is 9.89. The van der Waals surface area contributed by atoms with Crippen LogP contribution < -0.4 is 0 Å². The summed E-state index contributed by atoms with van der Waals surface area (Å²) in [5.74, 6) is -1.93. The fourth-order valence-electron chi connectivity index (χ4n) is 3.00. The highest BCUT2D eigenvalue weighted by Crippen LogP contribution is 2.37. The van der Waals surface area contributed by atoms with E-state index in [0.717, 1.165) is 0 Å². The number of likely N-dealkylation sites (tertiary alicyclic amines) is 1. The molecule has 0 aromatic heterocycles. The number of carbonyl (C=O) groups is 3. The van der Waals surface area contributed by atoms with E-state index in [1.54, 1.807) is 34.6 Å². The van der Waals surface area contributed by atoms with Crippen LogP contribution in [0.5, 0.6) is 0 Å². The molecule has 1 rings (SSSR count). The van der Waals surface area contributed by atoms with Crippen LogP contribution in [0.25, 0.3) is 0 Å². The van der Waals surface area contributed by atoms with Crippen LogP contribution in [0.2, 0.25) is 0 Å². The van der Waals surface area contributed by atoms with E-state index in [2.05, 4.69) is 0 Å². The van der Waals surface area contributed by atoms with Gasteiger partial charge in [-0.25, -0.2) is 9.59 Å². The first kappa shape index (κ1) is 18.3. The second-order valence-electron chi connectivity index (χ2n) is 5.18. The predicted octanol–water partition coefficient (Wildman–Crippen LogP) is 1.59. The van der Waals surface area contributed by atoms with Gasteiger partial charge in [-0.1, -0.05) is 6.92 Å². The molecule has 7 nitrogen and oxygen atoms in total. The van der Waals surface area contributed by atoms with Gasteiger partial charge < -0.3 is 14.2 Å². The molecule has 1 amide bonds. The van der Waals surface area contributed by atoms with Gasteiger partial charge in [0.25, 0.3) is 0 Å². The van der Waals surface area contributed by atoms with E-state index in [1.807, 2.05) is 0 Å². The lowest BCUT2D eigenvalue weighted by Crippen LogP contribution is -2.46. The highest BCUT2D eigenvalue weighted by atomic mass is 16.6. The van der Waals surface area contributed by atoms with Crippen LogP contribution in [-0.2, 0) is 23.8 Å². The molecule has 0 radical (unpaired) electrons. The molecule has 0 bridgehead atoms. The van der Waals surface area contributed by atoms with Crippen molar-refractivity contribution in [3.05, 3.63) is 0 Å². The van der Waals surface area contributed by atoms with E-state index in [-0.39, 0.29) is 19.8 Å². The second-order valence-corrected chi connectivity index (χ2v) is 5.18. The van der Waals surface area contributed by atoms with Gasteiger partial charge in [-0.2, -0.15) is 0 Å². The Morgan fingerprint density at radius 1 is 0.864 bits per heavy atom. The van der Waals surface area contributed by atoms with Crippen LogP contribution in [0.3, 0.4) is 0 Å². The minimum Gasteiger partial charge on any atom is -0.466 e. The molecule has 22 heavy (non-hydrogen) atoms. The topological polar surface area (TPSA) is 82.1 Å². The minimum absolute atomic E-state index is 0.191. The first-order chi connectivity index (χ1) is 10.4. The maximum Gasteiger partial charge on any atom is 0.410 e. The van der Waals surface area contributed by atoms with Crippen molar-refractivity contribution in [3.63, 3.8) is 0 Å². The Kier molecular flexibility index (Phi) is 6.64. The molecule has 0 saturated carbocycles. The zero-order chi connectivity index (χ0) is 16.9. The summed E-state index contributed by atoms with van der Waals surface area (Å²) in [4.78, 5) is 37.9. The van der Waals surface area contributed by atoms with Crippen molar-refractivity contribution in [1.29, 1.82) is 0 Å². The summed E-state index contributed by atoms with van der Waals surface area (Å²) in [6.45, 7) is 9.20. The molecule has 0 aromatic rings. The summed E-state index contributed by atoms with van der Waals surface area (Å²) in [5.41, 5.74) is 0. The zero-order valence-electron chi connectivity index (χ0n) is 13.8. The van der Waals surface area contributed by atoms with Crippen LogP contribution >= 0.6 is 0 Å². The van der Waals surface area contributed by atoms with Crippen molar-refractivity contribution >= 4 is 18.0 Å². The van der Waals surface area contributed by atoms with Gasteiger partial charge in [0, 0.05) is 12.0 Å². The van der Waals surface area contributed by atoms with Gasteiger partial charge in [-0.15, -0.1) is 0 Å². The van der Waals surface area contributed by atoms with E-state index >= 15 is 0 Å². The SMILES string of the molecule is CCOC(=O)[C@@H]1[C@@H](C)[C@H](C(=O)OCC)N(C(=O)OCC)[C@@H]1C. The largest absolute Gasteiger partial charge is 0.466 e. The number of esters is 2. The van der Waals surface area contributed by atoms with Gasteiger partial charge in [0.15, 0.2) is 0 Å². The first-order valence-electron chi connectivity index (χ1n) is 7.68. The third kappa shape index (κ3) is 3.51. The van der Waals surface area contributed by atoms with E-state index in [1.165, 1.54) is 4.90 Å². The molecule has 7 heteroatoms. The summed E-state index contributed by atoms with van der Waals surface area (Å²) >= 11 is 0. The third-order valence-electron chi connectivity index (χ3n) is 3.89. The molecule has 126 valence electrons. The molecule has 0 N–H and O–H groups in total. The van der Waals surface area contributed by atoms with Crippen LogP contribution in [0, 0.1) is 11.8 Å². The van der Waals surface area contributed by atoms with Crippen molar-refractivity contribution in [2.45, 2.75) is 46.7 Å². The van der Waals surface area contributed by atoms with Crippen molar-refractivity contribution in [1.82, 2.24) is 4.90 Å². The monoisotopic (exact) mass is 315 g/mol. The smallest absolute Gasteiger partial charge is 0.410 e. The molecule has 0 unspecified atom stereocenters. The van der Waals surface area contributed by atoms with Gasteiger partial charge in [-0.05, 0) is 27.7 Å². The van der Waals surface area contributed by atoms with Crippen LogP contribution in [0.4, 0.5) is 4.79 Å². The van der Waals surface area contributed by atoms with Crippen LogP contribution in [-0.4, -0.2) is 54.8 Å². The Balaban J connectivity index is 3.10. The van der Waals surface area contributed by atoms with Crippen LogP contribution in [0.1, 0.15) is 34.6 Å². The average molecular weight is 315 g/mol. The number of rotatable bonds is 5. The Hall–Kier alpha value is -1.79. The van der Waals surface area contributed by atoms with Gasteiger partial charge in [0.1, 0.15) is 6.04 Å². The zero-order valence-corrected chi connectivity index (χ0v) is 13.8. The number of amides is 1. The number of hydrogen-bond donors (Lipinski definition) is 0. The number of ether oxygens (including phenoxy) is 3. The van der Waals surface area contributed by atoms with Crippen LogP contribution in [0.15, 0.2) is 0 Å². The molecule has 1 aliphatic heterocycles. The molecule has 0 spiro atoms. The molecule has 0 aliphatic carbocycles. The molecular formula is C15H25NO6. The lowest BCUT2D eigenvalue weighted by molar-refractivity contribution is -0.150. The number of nitrogens with zero attached hydrogens (tertiary/aromatic N) is 1. The number of carbonyl (C=O) groups excluding carboxylic acids is 3. The normalized spacial score (nSPS) is 27.4. The van der Waals surface area contributed by atoms with Gasteiger partial charge in [-0.3, -0.25) is 9.69 Å². The maximum absolute atomic E-state index is 12.2.